The van der Waals surface area contributed by atoms with Crippen molar-refractivity contribution in [2.45, 2.75) is 46.6 Å². The average molecular weight is 428 g/mol. The van der Waals surface area contributed by atoms with Crippen LogP contribution in [0.4, 0.5) is 0 Å². The van der Waals surface area contributed by atoms with Gasteiger partial charge in [0.25, 0.3) is 0 Å². The summed E-state index contributed by atoms with van der Waals surface area (Å²) in [7, 11) is -2.91. The van der Waals surface area contributed by atoms with Gasteiger partial charge in [-0.3, -0.25) is 0 Å². The van der Waals surface area contributed by atoms with Crippen LogP contribution in [0.3, 0.4) is 0 Å². The van der Waals surface area contributed by atoms with Crippen LogP contribution >= 0.6 is 0 Å². The van der Waals surface area contributed by atoms with E-state index in [1.807, 2.05) is 44.7 Å². The van der Waals surface area contributed by atoms with E-state index in [-0.39, 0.29) is 5.54 Å². The van der Waals surface area contributed by atoms with Gasteiger partial charge in [-0.15, -0.1) is 0 Å². The van der Waals surface area contributed by atoms with Gasteiger partial charge in [0.15, 0.2) is 0 Å². The van der Waals surface area contributed by atoms with E-state index in [0.717, 1.165) is 28.3 Å². The molecule has 0 unspecified atom stereocenters. The predicted octanol–water partition coefficient (Wildman–Crippen LogP) is 5.39. The van der Waals surface area contributed by atoms with Gasteiger partial charge in [0.2, 0.25) is 5.90 Å². The highest BCUT2D eigenvalue weighted by Gasteiger charge is 2.37. The largest absolute Gasteiger partial charge is 0.529 e. The molecule has 30 heavy (non-hydrogen) atoms. The van der Waals surface area contributed by atoms with E-state index in [9.17, 15) is 0 Å². The minimum Gasteiger partial charge on any atom is -0.477 e. The molecule has 162 valence electrons. The second kappa shape index (κ2) is 9.88. The van der Waals surface area contributed by atoms with Gasteiger partial charge < -0.3 is 18.0 Å². The fourth-order valence-electron chi connectivity index (χ4n) is 3.62. The van der Waals surface area contributed by atoms with E-state index in [1.54, 1.807) is 0 Å². The molecule has 2 aromatic rings. The molecule has 0 saturated heterocycles. The molecule has 6 heteroatoms. The van der Waals surface area contributed by atoms with Crippen LogP contribution in [-0.4, -0.2) is 46.7 Å². The van der Waals surface area contributed by atoms with E-state index >= 15 is 0 Å². The summed E-state index contributed by atoms with van der Waals surface area (Å²) in [5.41, 5.74) is 3.85. The van der Waals surface area contributed by atoms with Crippen molar-refractivity contribution in [1.29, 1.82) is 0 Å². The van der Waals surface area contributed by atoms with Gasteiger partial charge in [0.1, 0.15) is 0 Å². The molecule has 1 aliphatic rings. The van der Waals surface area contributed by atoms with E-state index in [2.05, 4.69) is 38.1 Å². The lowest BCUT2D eigenvalue weighted by atomic mass is 9.96. The Morgan fingerprint density at radius 3 is 2.30 bits per heavy atom. The smallest absolute Gasteiger partial charge is 0.477 e. The summed E-state index contributed by atoms with van der Waals surface area (Å²) in [5, 5.41) is 2.27. The highest BCUT2D eigenvalue weighted by Crippen LogP contribution is 2.30. The first-order valence-electron chi connectivity index (χ1n) is 10.8. The Hall–Kier alpha value is -1.99. The third kappa shape index (κ3) is 5.18. The van der Waals surface area contributed by atoms with Crippen molar-refractivity contribution in [3.63, 3.8) is 0 Å². The Morgan fingerprint density at radius 1 is 1.00 bits per heavy atom. The normalized spacial score (nSPS) is 16.6. The maximum absolute atomic E-state index is 6.06. The lowest BCUT2D eigenvalue weighted by molar-refractivity contribution is 0.0845. The third-order valence-electron chi connectivity index (χ3n) is 5.04. The Bertz CT molecular complexity index is 906. The van der Waals surface area contributed by atoms with E-state index in [1.165, 1.54) is 0 Å². The number of rotatable bonds is 9. The summed E-state index contributed by atoms with van der Waals surface area (Å²) in [6.45, 7) is 12.4. The summed E-state index contributed by atoms with van der Waals surface area (Å²) in [6, 6.07) is 12.6. The first kappa shape index (κ1) is 22.7. The van der Waals surface area contributed by atoms with E-state index < -0.39 is 8.80 Å². The molecule has 1 heterocycles. The lowest BCUT2D eigenvalue weighted by Crippen LogP contribution is -2.44. The molecule has 0 saturated carbocycles. The average Bonchev–Trinajstić information content (AvgIpc) is 2.71. The van der Waals surface area contributed by atoms with E-state index in [4.69, 9.17) is 23.0 Å². The van der Waals surface area contributed by atoms with Crippen LogP contribution in [-0.2, 0) is 18.0 Å². The molecule has 0 N–H and O–H groups in total. The Kier molecular flexibility index (Phi) is 7.47. The zero-order chi connectivity index (χ0) is 21.6. The van der Waals surface area contributed by atoms with Gasteiger partial charge in [-0.1, -0.05) is 42.5 Å². The molecule has 5 nitrogen and oxygen atoms in total. The number of hydrogen-bond donors (Lipinski definition) is 0. The molecule has 0 radical (unpaired) electrons. The fraction of sp³-hybridized carbons (Fsp3) is 0.458. The first-order valence-corrected chi connectivity index (χ1v) is 12.6. The number of ether oxygens (including phenoxy) is 1. The number of hydrogen-bond acceptors (Lipinski definition) is 5. The van der Waals surface area contributed by atoms with Crippen LogP contribution in [0.25, 0.3) is 16.8 Å². The predicted molar refractivity (Wildman–Crippen MR) is 125 cm³/mol. The van der Waals surface area contributed by atoms with Crippen molar-refractivity contribution in [2.24, 2.45) is 4.99 Å². The Morgan fingerprint density at radius 2 is 1.67 bits per heavy atom. The second-order valence-corrected chi connectivity index (χ2v) is 10.2. The summed E-state index contributed by atoms with van der Waals surface area (Å²) in [6.07, 6.45) is 2.95. The van der Waals surface area contributed by atoms with Gasteiger partial charge in [-0.05, 0) is 56.7 Å². The highest BCUT2D eigenvalue weighted by molar-refractivity contribution is 6.67. The second-order valence-electron chi connectivity index (χ2n) is 7.81. The summed E-state index contributed by atoms with van der Waals surface area (Å²) < 4.78 is 24.0. The molecule has 0 aliphatic carbocycles. The van der Waals surface area contributed by atoms with Crippen molar-refractivity contribution in [3.05, 3.63) is 53.2 Å². The van der Waals surface area contributed by atoms with Gasteiger partial charge in [-0.2, -0.15) is 0 Å². The highest BCUT2D eigenvalue weighted by atomic mass is 28.4. The number of aliphatic imine (C=N–C) groups is 1. The molecule has 1 aliphatic heterocycles. The quantitative estimate of drug-likeness (QED) is 0.504. The Balaban J connectivity index is 2.14. The molecule has 0 bridgehead atoms. The number of nitrogens with zero attached hydrogens (tertiary/aromatic N) is 1. The van der Waals surface area contributed by atoms with Crippen molar-refractivity contribution in [1.82, 2.24) is 0 Å². The van der Waals surface area contributed by atoms with Crippen LogP contribution in [0.5, 0.6) is 0 Å². The van der Waals surface area contributed by atoms with Gasteiger partial charge in [-0.25, -0.2) is 4.99 Å². The molecule has 3 rings (SSSR count). The molecule has 0 aromatic heterocycles. The number of benzene rings is 2. The van der Waals surface area contributed by atoms with Crippen LogP contribution in [0, 0.1) is 0 Å². The SMILES string of the molecule is CCO[Si](/C=C/c1ccc2ccccc2c1C1=NC(C)(C)CCO1)(OCC)OCC. The summed E-state index contributed by atoms with van der Waals surface area (Å²) in [5.74, 6) is 0.694. The molecular formula is C24H33NO4Si. The maximum atomic E-state index is 6.06. The molecule has 2 aromatic carbocycles. The van der Waals surface area contributed by atoms with Gasteiger partial charge in [0, 0.05) is 26.2 Å². The van der Waals surface area contributed by atoms with Crippen molar-refractivity contribution in [2.75, 3.05) is 26.4 Å². The zero-order valence-corrected chi connectivity index (χ0v) is 19.7. The van der Waals surface area contributed by atoms with E-state index in [0.29, 0.717) is 32.3 Å². The monoisotopic (exact) mass is 427 g/mol. The summed E-state index contributed by atoms with van der Waals surface area (Å²) >= 11 is 0. The van der Waals surface area contributed by atoms with Crippen LogP contribution in [0.15, 0.2) is 47.1 Å². The molecular weight excluding hydrogens is 394 g/mol. The fourth-order valence-corrected chi connectivity index (χ4v) is 5.75. The van der Waals surface area contributed by atoms with Crippen LogP contribution < -0.4 is 0 Å². The minimum atomic E-state index is -2.91. The van der Waals surface area contributed by atoms with Gasteiger partial charge in [0.05, 0.1) is 17.7 Å². The molecule has 0 amide bonds. The summed E-state index contributed by atoms with van der Waals surface area (Å²) in [4.78, 5) is 4.93. The lowest BCUT2D eigenvalue weighted by Gasteiger charge is -2.28. The molecule has 0 spiro atoms. The van der Waals surface area contributed by atoms with Crippen LogP contribution in [0.2, 0.25) is 0 Å². The Labute approximate surface area is 181 Å². The minimum absolute atomic E-state index is 0.147. The maximum Gasteiger partial charge on any atom is 0.529 e. The molecule has 0 atom stereocenters. The van der Waals surface area contributed by atoms with Crippen molar-refractivity contribution in [3.8, 4) is 0 Å². The third-order valence-corrected chi connectivity index (χ3v) is 7.68. The molecule has 0 fully saturated rings. The number of fused-ring (bicyclic) bond motifs is 1. The van der Waals surface area contributed by atoms with Crippen LogP contribution in [0.1, 0.15) is 52.2 Å². The van der Waals surface area contributed by atoms with Gasteiger partial charge >= 0.3 is 8.80 Å². The topological polar surface area (TPSA) is 49.3 Å². The van der Waals surface area contributed by atoms with Crippen molar-refractivity contribution < 1.29 is 18.0 Å². The zero-order valence-electron chi connectivity index (χ0n) is 18.7. The first-order chi connectivity index (χ1) is 14.4. The standard InChI is InChI=1S/C24H33NO4Si/c1-6-27-30(28-7-2,29-8-3)18-15-20-14-13-19-11-9-10-12-21(19)22(20)23-25-24(4,5)16-17-26-23/h9-15,18H,6-8,16-17H2,1-5H3/b18-15+. The van der Waals surface area contributed by atoms with Crippen molar-refractivity contribution >= 4 is 31.6 Å².